The zero-order valence-corrected chi connectivity index (χ0v) is 51.9. The fraction of sp³-hybridized carbons (Fsp3) is 0.716. The average molecular weight is 1200 g/mol. The standard InChI is InChI=1S/C15H20O4.3C11H16O3.C10H14O3.C9H12O3/c1-7(2)15(17)18-8(3)4-9-10-5-12(16)11-6-13(9)19-14(10)11;1-6(2)11(12)14-10-5-8-7(3)4-9(10)13-8;1-6(2)11(12)14-9-5-8-4-7(3)10(9)13-8;1-7(2)11(12)13-6-8-5-9-3-4-10(8)14-9;1-6(2)10(11)13-9-5-7-3-4-8(9)12-7;1-2-9(10)12-8-5-6-3-4-7(8)11-6/h8-11,13-14H,1,4-6H2,2-3H3;2*7-10H,1,4-5H2,2-3H3;8-10H,1,3-6H2,2H3;7-9H,1,3-5H2,2H3;2,6-8H,1,3-5H2. The molecule has 0 N–H and O–H groups in total. The molecule has 0 aromatic carbocycles. The summed E-state index contributed by atoms with van der Waals surface area (Å²) in [6.45, 7) is 36.2. The van der Waals surface area contributed by atoms with Gasteiger partial charge in [-0.3, -0.25) is 4.79 Å². The van der Waals surface area contributed by atoms with E-state index in [0.717, 1.165) is 89.9 Å². The maximum Gasteiger partial charge on any atom is 0.333 e. The number of carbonyl (C=O) groups excluding carboxylic acids is 7. The van der Waals surface area contributed by atoms with E-state index in [9.17, 15) is 33.6 Å². The maximum absolute atomic E-state index is 11.8. The highest BCUT2D eigenvalue weighted by atomic mass is 16.6. The molecule has 476 valence electrons. The van der Waals surface area contributed by atoms with Gasteiger partial charge in [0.2, 0.25) is 0 Å². The second-order valence-electron chi connectivity index (χ2n) is 26.4. The average Bonchev–Trinajstić information content (AvgIpc) is 1.64. The summed E-state index contributed by atoms with van der Waals surface area (Å²) in [5.74, 6) is 0.932. The molecular formula is C67H94O19. The number of Topliss-reactive ketones (excluding diaryl/α,β-unsaturated/α-hetero) is 1. The van der Waals surface area contributed by atoms with E-state index in [2.05, 4.69) is 53.3 Å². The van der Waals surface area contributed by atoms with E-state index < -0.39 is 0 Å². The van der Waals surface area contributed by atoms with Crippen LogP contribution in [0, 0.1) is 35.5 Å². The Morgan fingerprint density at radius 1 is 0.500 bits per heavy atom. The lowest BCUT2D eigenvalue weighted by Crippen LogP contribution is -2.33. The fourth-order valence-corrected chi connectivity index (χ4v) is 14.5. The van der Waals surface area contributed by atoms with Crippen LogP contribution in [0.4, 0.5) is 0 Å². The van der Waals surface area contributed by atoms with Crippen LogP contribution in [0.1, 0.15) is 158 Å². The summed E-state index contributed by atoms with van der Waals surface area (Å²) < 4.78 is 65.4. The molecule has 23 atom stereocenters. The first-order chi connectivity index (χ1) is 40.7. The minimum absolute atomic E-state index is 0.0192. The lowest BCUT2D eigenvalue weighted by molar-refractivity contribution is -0.148. The van der Waals surface area contributed by atoms with Crippen LogP contribution in [0.2, 0.25) is 0 Å². The normalized spacial score (nSPS) is 38.3. The van der Waals surface area contributed by atoms with E-state index in [0.29, 0.717) is 113 Å². The van der Waals surface area contributed by atoms with Gasteiger partial charge in [-0.25, -0.2) is 28.8 Å². The smallest absolute Gasteiger partial charge is 0.333 e. The van der Waals surface area contributed by atoms with Gasteiger partial charge in [0.1, 0.15) is 30.2 Å². The van der Waals surface area contributed by atoms with Crippen LogP contribution in [0.3, 0.4) is 0 Å². The number of fused-ring (bicyclic) bond motifs is 11. The van der Waals surface area contributed by atoms with E-state index in [4.69, 9.17) is 56.8 Å². The Balaban J connectivity index is 0.000000135. The molecule has 1 saturated carbocycles. The summed E-state index contributed by atoms with van der Waals surface area (Å²) in [6.07, 6.45) is 19.3. The molecule has 0 aromatic heterocycles. The van der Waals surface area contributed by atoms with Gasteiger partial charge >= 0.3 is 35.8 Å². The molecule has 12 bridgehead atoms. The van der Waals surface area contributed by atoms with Crippen molar-refractivity contribution in [2.75, 3.05) is 6.61 Å². The third-order valence-electron chi connectivity index (χ3n) is 19.0. The van der Waals surface area contributed by atoms with Crippen LogP contribution in [-0.4, -0.2) is 152 Å². The van der Waals surface area contributed by atoms with Crippen molar-refractivity contribution < 1.29 is 90.4 Å². The van der Waals surface area contributed by atoms with Crippen molar-refractivity contribution in [3.05, 3.63) is 73.4 Å². The Bertz CT molecular complexity index is 2580. The van der Waals surface area contributed by atoms with Gasteiger partial charge in [-0.15, -0.1) is 0 Å². The Morgan fingerprint density at radius 3 is 1.45 bits per heavy atom. The number of hydrogen-bond donors (Lipinski definition) is 0. The van der Waals surface area contributed by atoms with E-state index in [-0.39, 0.29) is 109 Å². The van der Waals surface area contributed by atoms with Crippen molar-refractivity contribution in [2.24, 2.45) is 35.5 Å². The van der Waals surface area contributed by atoms with Crippen molar-refractivity contribution in [2.45, 2.75) is 262 Å². The van der Waals surface area contributed by atoms with E-state index in [1.54, 1.807) is 34.6 Å². The summed E-state index contributed by atoms with van der Waals surface area (Å²) >= 11 is 0. The van der Waals surface area contributed by atoms with Crippen molar-refractivity contribution in [3.63, 3.8) is 0 Å². The Hall–Kier alpha value is -5.31. The van der Waals surface area contributed by atoms with Crippen molar-refractivity contribution >= 4 is 41.6 Å². The third kappa shape index (κ3) is 16.7. The number of hydrogen-bond acceptors (Lipinski definition) is 19. The molecule has 13 rings (SSSR count). The highest BCUT2D eigenvalue weighted by molar-refractivity contribution is 5.89. The topological polar surface area (TPSA) is 230 Å². The minimum atomic E-state index is -0.337. The molecule has 12 heterocycles. The van der Waals surface area contributed by atoms with Crippen LogP contribution < -0.4 is 0 Å². The van der Waals surface area contributed by atoms with Gasteiger partial charge in [-0.05, 0) is 136 Å². The van der Waals surface area contributed by atoms with Crippen LogP contribution in [0.15, 0.2) is 73.4 Å². The van der Waals surface area contributed by atoms with Gasteiger partial charge in [0, 0.05) is 77.9 Å². The van der Waals surface area contributed by atoms with Crippen molar-refractivity contribution in [3.8, 4) is 0 Å². The number of ketones is 1. The molecule has 19 nitrogen and oxygen atoms in total. The predicted molar refractivity (Wildman–Crippen MR) is 313 cm³/mol. The molecule has 12 aliphatic heterocycles. The number of esters is 6. The molecule has 0 radical (unpaired) electrons. The first-order valence-electron chi connectivity index (χ1n) is 31.3. The summed E-state index contributed by atoms with van der Waals surface area (Å²) in [6, 6.07) is 0. The van der Waals surface area contributed by atoms with Crippen LogP contribution >= 0.6 is 0 Å². The zero-order valence-electron chi connectivity index (χ0n) is 51.9. The zero-order chi connectivity index (χ0) is 62.4. The number of ether oxygens (including phenoxy) is 12. The molecule has 19 heteroatoms. The Kier molecular flexibility index (Phi) is 22.7. The van der Waals surface area contributed by atoms with Gasteiger partial charge < -0.3 is 56.8 Å². The van der Waals surface area contributed by atoms with Gasteiger partial charge in [0.15, 0.2) is 0 Å². The highest BCUT2D eigenvalue weighted by Gasteiger charge is 2.61. The van der Waals surface area contributed by atoms with E-state index >= 15 is 0 Å². The number of carbonyl (C=O) groups is 7. The number of rotatable bonds is 15. The quantitative estimate of drug-likeness (QED) is 0.0844. The Labute approximate surface area is 507 Å². The maximum atomic E-state index is 11.8. The molecule has 86 heavy (non-hydrogen) atoms. The van der Waals surface area contributed by atoms with Crippen LogP contribution in [0.25, 0.3) is 0 Å². The lowest BCUT2D eigenvalue weighted by atomic mass is 9.77. The summed E-state index contributed by atoms with van der Waals surface area (Å²) in [5, 5.41) is 0. The summed E-state index contributed by atoms with van der Waals surface area (Å²) in [4.78, 5) is 79.1. The van der Waals surface area contributed by atoms with Crippen molar-refractivity contribution in [1.82, 2.24) is 0 Å². The molecule has 0 amide bonds. The van der Waals surface area contributed by atoms with E-state index in [1.165, 1.54) is 12.5 Å². The van der Waals surface area contributed by atoms with Crippen LogP contribution in [-0.2, 0) is 90.4 Å². The molecule has 13 aliphatic rings. The summed E-state index contributed by atoms with van der Waals surface area (Å²) in [5.41, 5.74) is 2.27. The van der Waals surface area contributed by atoms with Crippen molar-refractivity contribution in [1.29, 1.82) is 0 Å². The molecule has 1 aliphatic carbocycles. The molecule has 0 spiro atoms. The lowest BCUT2D eigenvalue weighted by Gasteiger charge is -2.26. The molecule has 23 unspecified atom stereocenters. The second-order valence-corrected chi connectivity index (χ2v) is 26.4. The first kappa shape index (κ1) is 66.6. The van der Waals surface area contributed by atoms with Gasteiger partial charge in [-0.2, -0.15) is 0 Å². The molecule has 0 aromatic rings. The molecule has 12 saturated heterocycles. The summed E-state index contributed by atoms with van der Waals surface area (Å²) in [7, 11) is 0. The highest BCUT2D eigenvalue weighted by Crippen LogP contribution is 2.55. The van der Waals surface area contributed by atoms with E-state index in [1.807, 2.05) is 6.92 Å². The fourth-order valence-electron chi connectivity index (χ4n) is 14.5. The van der Waals surface area contributed by atoms with Crippen LogP contribution in [0.5, 0.6) is 0 Å². The van der Waals surface area contributed by atoms with Gasteiger partial charge in [-0.1, -0.05) is 53.3 Å². The minimum Gasteiger partial charge on any atom is -0.462 e. The largest absolute Gasteiger partial charge is 0.462 e. The first-order valence-corrected chi connectivity index (χ1v) is 31.3. The third-order valence-corrected chi connectivity index (χ3v) is 19.0. The monoisotopic (exact) mass is 1200 g/mol. The SMILES string of the molecule is C=C(C)C(=O)OC(C)CC1C2CC3C(=O)CC1C3O2.C=C(C)C(=O)OC1CC2CC(C)C1O2.C=C(C)C(=O)OC1CC2CCC1O2.C=C(C)C(=O)OC1CC2OC1CC2C.C=C(C)C(=O)OCC1CC2CCC1O2.C=CC(=O)OC1CC2CCC1O2. The second kappa shape index (κ2) is 29.3. The van der Waals surface area contributed by atoms with Gasteiger partial charge in [0.05, 0.1) is 86.0 Å². The predicted octanol–water partition coefficient (Wildman–Crippen LogP) is 9.35. The van der Waals surface area contributed by atoms with Gasteiger partial charge in [0.25, 0.3) is 0 Å². The molecule has 13 fully saturated rings. The molecular weight excluding hydrogens is 1110 g/mol. The Morgan fingerprint density at radius 2 is 1.01 bits per heavy atom.